The number of aliphatic hydroxyl groups is 2. The van der Waals surface area contributed by atoms with Gasteiger partial charge >= 0.3 is 11.9 Å². The lowest BCUT2D eigenvalue weighted by Gasteiger charge is -2.31. The van der Waals surface area contributed by atoms with Crippen molar-refractivity contribution in [1.29, 1.82) is 0 Å². The number of ether oxygens (including phenoxy) is 6. The maximum Gasteiger partial charge on any atom is 0.356 e. The molecule has 17 nitrogen and oxygen atoms in total. The number of methoxy groups -OCH3 is 2. The smallest absolute Gasteiger partial charge is 0.356 e. The van der Waals surface area contributed by atoms with Crippen LogP contribution in [-0.4, -0.2) is 167 Å². The Morgan fingerprint density at radius 2 is 1.29 bits per heavy atom. The molecule has 0 fully saturated rings. The molecule has 2 aromatic heterocycles. The Bertz CT molecular complexity index is 1580. The molecule has 0 bridgehead atoms. The molecular formula is C39H56N6O11. The van der Waals surface area contributed by atoms with E-state index in [2.05, 4.69) is 15.3 Å². The summed E-state index contributed by atoms with van der Waals surface area (Å²) in [7, 11) is 2.59. The number of nitrogens with zero attached hydrogens (tertiary/aromatic N) is 4. The monoisotopic (exact) mass is 784 g/mol. The summed E-state index contributed by atoms with van der Waals surface area (Å²) in [5, 5.41) is 22.5. The summed E-state index contributed by atoms with van der Waals surface area (Å²) in [6.07, 6.45) is 0. The normalized spacial score (nSPS) is 11.8. The number of nitrogens with one attached hydrogen (secondary N) is 1. The Hall–Kier alpha value is -4.43. The highest BCUT2D eigenvalue weighted by Crippen LogP contribution is 2.28. The van der Waals surface area contributed by atoms with Crippen LogP contribution in [0.25, 0.3) is 0 Å². The fourth-order valence-electron chi connectivity index (χ4n) is 5.57. The van der Waals surface area contributed by atoms with E-state index in [9.17, 15) is 24.6 Å². The van der Waals surface area contributed by atoms with E-state index in [1.807, 2.05) is 21.9 Å². The first-order chi connectivity index (χ1) is 27.3. The zero-order valence-electron chi connectivity index (χ0n) is 32.3. The van der Waals surface area contributed by atoms with Crippen molar-refractivity contribution in [3.63, 3.8) is 0 Å². The first kappa shape index (κ1) is 46.0. The molecule has 0 saturated carbocycles. The van der Waals surface area contributed by atoms with Gasteiger partial charge in [0.15, 0.2) is 0 Å². The van der Waals surface area contributed by atoms with E-state index in [1.54, 1.807) is 48.5 Å². The molecule has 308 valence electrons. The minimum Gasteiger partial charge on any atom is -0.464 e. The van der Waals surface area contributed by atoms with Crippen LogP contribution in [-0.2, 0) is 35.0 Å². The zero-order valence-corrected chi connectivity index (χ0v) is 32.3. The lowest BCUT2D eigenvalue weighted by atomic mass is 9.99. The van der Waals surface area contributed by atoms with Crippen molar-refractivity contribution in [2.45, 2.75) is 12.6 Å². The molecule has 1 atom stereocenters. The molecule has 0 aliphatic rings. The molecule has 17 heteroatoms. The summed E-state index contributed by atoms with van der Waals surface area (Å²) < 4.78 is 32.1. The number of aliphatic hydroxyl groups excluding tert-OH is 2. The minimum absolute atomic E-state index is 0.0451. The van der Waals surface area contributed by atoms with Gasteiger partial charge in [0.2, 0.25) is 0 Å². The Morgan fingerprint density at radius 1 is 0.696 bits per heavy atom. The quantitative estimate of drug-likeness (QED) is 0.0562. The Morgan fingerprint density at radius 3 is 1.91 bits per heavy atom. The summed E-state index contributed by atoms with van der Waals surface area (Å²) in [4.78, 5) is 50.0. The third kappa shape index (κ3) is 16.4. The highest BCUT2D eigenvalue weighted by Gasteiger charge is 2.25. The lowest BCUT2D eigenvalue weighted by molar-refractivity contribution is 0.0245. The fourth-order valence-corrected chi connectivity index (χ4v) is 5.57. The van der Waals surface area contributed by atoms with Gasteiger partial charge in [-0.3, -0.25) is 14.6 Å². The molecule has 5 N–H and O–H groups in total. The molecular weight excluding hydrogens is 728 g/mol. The zero-order chi connectivity index (χ0) is 40.4. The van der Waals surface area contributed by atoms with Gasteiger partial charge < -0.3 is 49.7 Å². The molecule has 2 heterocycles. The summed E-state index contributed by atoms with van der Waals surface area (Å²) >= 11 is 0. The largest absolute Gasteiger partial charge is 0.464 e. The highest BCUT2D eigenvalue weighted by molar-refractivity contribution is 5.94. The molecule has 0 saturated heterocycles. The first-order valence-corrected chi connectivity index (χ1v) is 18.5. The third-order valence-corrected chi connectivity index (χ3v) is 8.30. The second-order valence-corrected chi connectivity index (χ2v) is 12.2. The number of pyridine rings is 2. The van der Waals surface area contributed by atoms with Crippen molar-refractivity contribution < 1.29 is 53.0 Å². The SMILES string of the molecule is COC(=O)c1cccc(CN(CCO)CCOCCOCCN(CCO)C(c2ccc(C(=O)NCCOCCOCCN)cc2)c2cccc(C(=O)OC)n2)n1. The number of rotatable bonds is 29. The van der Waals surface area contributed by atoms with E-state index < -0.39 is 18.0 Å². The molecule has 0 aliphatic heterocycles. The van der Waals surface area contributed by atoms with Crippen molar-refractivity contribution in [1.82, 2.24) is 25.1 Å². The van der Waals surface area contributed by atoms with Gasteiger partial charge in [0.1, 0.15) is 11.4 Å². The molecule has 1 amide bonds. The van der Waals surface area contributed by atoms with Gasteiger partial charge in [0.05, 0.1) is 97.7 Å². The third-order valence-electron chi connectivity index (χ3n) is 8.30. The molecule has 56 heavy (non-hydrogen) atoms. The van der Waals surface area contributed by atoms with Crippen LogP contribution in [0.5, 0.6) is 0 Å². The topological polar surface area (TPSA) is 217 Å². The summed E-state index contributed by atoms with van der Waals surface area (Å²) in [5.41, 5.74) is 8.21. The second kappa shape index (κ2) is 27.2. The van der Waals surface area contributed by atoms with Gasteiger partial charge in [0.25, 0.3) is 5.91 Å². The van der Waals surface area contributed by atoms with Gasteiger partial charge in [-0.1, -0.05) is 24.3 Å². The van der Waals surface area contributed by atoms with Gasteiger partial charge in [-0.15, -0.1) is 0 Å². The summed E-state index contributed by atoms with van der Waals surface area (Å²) in [5.74, 6) is -1.35. The van der Waals surface area contributed by atoms with Crippen molar-refractivity contribution >= 4 is 17.8 Å². The van der Waals surface area contributed by atoms with Crippen molar-refractivity contribution in [2.24, 2.45) is 5.73 Å². The molecule has 0 radical (unpaired) electrons. The Balaban J connectivity index is 1.57. The number of carbonyl (C=O) groups excluding carboxylic acids is 3. The number of esters is 2. The maximum absolute atomic E-state index is 12.8. The van der Waals surface area contributed by atoms with Crippen LogP contribution in [0, 0.1) is 0 Å². The minimum atomic E-state index is -0.578. The van der Waals surface area contributed by atoms with Crippen LogP contribution in [0.4, 0.5) is 0 Å². The van der Waals surface area contributed by atoms with Gasteiger partial charge in [-0.05, 0) is 42.0 Å². The van der Waals surface area contributed by atoms with Crippen molar-refractivity contribution in [3.8, 4) is 0 Å². The number of carbonyl (C=O) groups is 3. The number of hydrogen-bond acceptors (Lipinski definition) is 16. The highest BCUT2D eigenvalue weighted by atomic mass is 16.5. The average Bonchev–Trinajstić information content (AvgIpc) is 3.22. The van der Waals surface area contributed by atoms with Crippen LogP contribution in [0.2, 0.25) is 0 Å². The van der Waals surface area contributed by atoms with Crippen LogP contribution in [0.3, 0.4) is 0 Å². The predicted octanol–water partition coefficient (Wildman–Crippen LogP) is 0.683. The number of nitrogens with two attached hydrogens (primary N) is 1. The van der Waals surface area contributed by atoms with E-state index in [4.69, 9.17) is 34.2 Å². The van der Waals surface area contributed by atoms with Crippen LogP contribution in [0.15, 0.2) is 60.7 Å². The fraction of sp³-hybridized carbons (Fsp3) is 0.513. The molecule has 1 aromatic carbocycles. The maximum atomic E-state index is 12.8. The summed E-state index contributed by atoms with van der Waals surface area (Å²) in [6, 6.07) is 16.8. The molecule has 3 rings (SSSR count). The van der Waals surface area contributed by atoms with Gasteiger partial charge in [-0.2, -0.15) is 0 Å². The summed E-state index contributed by atoms with van der Waals surface area (Å²) in [6.45, 7) is 5.57. The molecule has 1 unspecified atom stereocenters. The average molecular weight is 785 g/mol. The van der Waals surface area contributed by atoms with E-state index in [1.165, 1.54) is 14.2 Å². The Labute approximate surface area is 328 Å². The van der Waals surface area contributed by atoms with E-state index in [0.717, 1.165) is 5.56 Å². The number of aromatic nitrogens is 2. The second-order valence-electron chi connectivity index (χ2n) is 12.2. The van der Waals surface area contributed by atoms with E-state index >= 15 is 0 Å². The van der Waals surface area contributed by atoms with Crippen LogP contribution < -0.4 is 11.1 Å². The van der Waals surface area contributed by atoms with E-state index in [-0.39, 0.29) is 37.1 Å². The predicted molar refractivity (Wildman–Crippen MR) is 205 cm³/mol. The van der Waals surface area contributed by atoms with Crippen LogP contribution >= 0.6 is 0 Å². The first-order valence-electron chi connectivity index (χ1n) is 18.5. The standard InChI is InChI=1S/C39H56N6O11/c1-51-38(49)34-7-3-5-32(42-34)29-44(15-19-46)17-23-55-27-28-56-24-18-45(16-20-47)36(33-6-4-8-35(43-33)39(50)52-2)30-9-11-31(12-10-30)37(48)41-14-22-54-26-25-53-21-13-40/h3-12,36,46-47H,13-29,40H2,1-2H3,(H,41,48). The van der Waals surface area contributed by atoms with Crippen molar-refractivity contribution in [3.05, 3.63) is 94.6 Å². The number of benzene rings is 1. The number of hydrogen-bond donors (Lipinski definition) is 4. The Kier molecular flexibility index (Phi) is 22.3. The van der Waals surface area contributed by atoms with Crippen LogP contribution in [0.1, 0.15) is 54.3 Å². The van der Waals surface area contributed by atoms with E-state index in [0.29, 0.717) is 109 Å². The molecule has 0 aliphatic carbocycles. The molecule has 3 aromatic rings. The lowest BCUT2D eigenvalue weighted by Crippen LogP contribution is -2.36. The van der Waals surface area contributed by atoms with Gasteiger partial charge in [0, 0.05) is 51.4 Å². The number of amides is 1. The molecule has 0 spiro atoms. The van der Waals surface area contributed by atoms with Crippen molar-refractivity contribution in [2.75, 3.05) is 120 Å². The van der Waals surface area contributed by atoms with Gasteiger partial charge in [-0.25, -0.2) is 19.6 Å².